The highest BCUT2D eigenvalue weighted by atomic mass is 16.3. The molecule has 0 bridgehead atoms. The van der Waals surface area contributed by atoms with Crippen molar-refractivity contribution < 1.29 is 14.7 Å². The number of carbonyl (C=O) groups is 2. The quantitative estimate of drug-likeness (QED) is 0.712. The molecule has 0 aromatic carbocycles. The van der Waals surface area contributed by atoms with Gasteiger partial charge in [0.15, 0.2) is 0 Å². The van der Waals surface area contributed by atoms with E-state index in [0.29, 0.717) is 13.0 Å². The monoisotopic (exact) mass is 240 g/mol. The van der Waals surface area contributed by atoms with Crippen LogP contribution in [0.2, 0.25) is 0 Å². The van der Waals surface area contributed by atoms with Gasteiger partial charge in [-0.15, -0.1) is 0 Å². The number of imide groups is 1. The second-order valence-corrected chi connectivity index (χ2v) is 5.34. The van der Waals surface area contributed by atoms with Gasteiger partial charge < -0.3 is 10.8 Å². The zero-order valence-corrected chi connectivity index (χ0v) is 10.0. The summed E-state index contributed by atoms with van der Waals surface area (Å²) < 4.78 is 0. The van der Waals surface area contributed by atoms with E-state index in [4.69, 9.17) is 10.8 Å². The zero-order chi connectivity index (χ0) is 12.5. The average molecular weight is 240 g/mol. The lowest BCUT2D eigenvalue weighted by molar-refractivity contribution is -0.143. The lowest BCUT2D eigenvalue weighted by atomic mass is 9.73. The summed E-state index contributed by atoms with van der Waals surface area (Å²) >= 11 is 0. The zero-order valence-electron chi connectivity index (χ0n) is 10.0. The molecule has 0 aromatic rings. The SMILES string of the molecule is N[C@@H](CO)C(=O)N1CC2(CCCCC2)CC1=O. The fourth-order valence-electron chi connectivity index (χ4n) is 3.01. The number of rotatable bonds is 2. The molecule has 5 heteroatoms. The van der Waals surface area contributed by atoms with Gasteiger partial charge in [0.1, 0.15) is 6.04 Å². The van der Waals surface area contributed by atoms with E-state index in [1.54, 1.807) is 0 Å². The minimum atomic E-state index is -0.960. The smallest absolute Gasteiger partial charge is 0.248 e. The van der Waals surface area contributed by atoms with E-state index in [2.05, 4.69) is 0 Å². The predicted molar refractivity (Wildman–Crippen MR) is 61.9 cm³/mol. The fourth-order valence-corrected chi connectivity index (χ4v) is 3.01. The van der Waals surface area contributed by atoms with Crippen LogP contribution in [-0.2, 0) is 9.59 Å². The third-order valence-corrected chi connectivity index (χ3v) is 4.01. The molecular formula is C12H20N2O3. The molecule has 1 saturated carbocycles. The number of nitrogens with two attached hydrogens (primary N) is 1. The summed E-state index contributed by atoms with van der Waals surface area (Å²) in [5.74, 6) is -0.555. The Morgan fingerprint density at radius 1 is 1.41 bits per heavy atom. The van der Waals surface area contributed by atoms with Gasteiger partial charge in [-0.2, -0.15) is 0 Å². The Kier molecular flexibility index (Phi) is 3.49. The number of amides is 2. The van der Waals surface area contributed by atoms with Crippen LogP contribution in [0.4, 0.5) is 0 Å². The van der Waals surface area contributed by atoms with E-state index in [1.165, 1.54) is 11.3 Å². The van der Waals surface area contributed by atoms with Crippen LogP contribution in [0, 0.1) is 5.41 Å². The third-order valence-electron chi connectivity index (χ3n) is 4.01. The molecule has 0 radical (unpaired) electrons. The number of carbonyl (C=O) groups excluding carboxylic acids is 2. The Morgan fingerprint density at radius 2 is 2.06 bits per heavy atom. The van der Waals surface area contributed by atoms with Gasteiger partial charge in [0.05, 0.1) is 6.61 Å². The molecule has 5 nitrogen and oxygen atoms in total. The largest absolute Gasteiger partial charge is 0.394 e. The molecule has 1 aliphatic heterocycles. The second-order valence-electron chi connectivity index (χ2n) is 5.34. The second kappa shape index (κ2) is 4.74. The summed E-state index contributed by atoms with van der Waals surface area (Å²) in [6, 6.07) is -0.960. The number of aliphatic hydroxyl groups excluding tert-OH is 1. The van der Waals surface area contributed by atoms with Crippen molar-refractivity contribution in [2.45, 2.75) is 44.6 Å². The van der Waals surface area contributed by atoms with Crippen LogP contribution in [0.3, 0.4) is 0 Å². The van der Waals surface area contributed by atoms with Gasteiger partial charge in [-0.1, -0.05) is 19.3 Å². The summed E-state index contributed by atoms with van der Waals surface area (Å²) in [7, 11) is 0. The van der Waals surface area contributed by atoms with Crippen molar-refractivity contribution in [3.8, 4) is 0 Å². The van der Waals surface area contributed by atoms with E-state index < -0.39 is 18.6 Å². The van der Waals surface area contributed by atoms with E-state index in [1.807, 2.05) is 0 Å². The fraction of sp³-hybridized carbons (Fsp3) is 0.833. The molecular weight excluding hydrogens is 220 g/mol. The van der Waals surface area contributed by atoms with Gasteiger partial charge in [0.25, 0.3) is 0 Å². The van der Waals surface area contributed by atoms with Crippen LogP contribution in [0.1, 0.15) is 38.5 Å². The van der Waals surface area contributed by atoms with Crippen molar-refractivity contribution in [2.75, 3.05) is 13.2 Å². The molecule has 2 aliphatic rings. The van der Waals surface area contributed by atoms with Crippen molar-refractivity contribution in [3.05, 3.63) is 0 Å². The van der Waals surface area contributed by atoms with Crippen LogP contribution >= 0.6 is 0 Å². The van der Waals surface area contributed by atoms with E-state index >= 15 is 0 Å². The molecule has 2 amide bonds. The van der Waals surface area contributed by atoms with Crippen molar-refractivity contribution >= 4 is 11.8 Å². The van der Waals surface area contributed by atoms with E-state index in [9.17, 15) is 9.59 Å². The number of likely N-dealkylation sites (tertiary alicyclic amines) is 1. The molecule has 3 N–H and O–H groups in total. The van der Waals surface area contributed by atoms with Crippen molar-refractivity contribution in [1.29, 1.82) is 0 Å². The maximum atomic E-state index is 11.9. The Hall–Kier alpha value is -0.940. The molecule has 1 aliphatic carbocycles. The molecule has 1 atom stereocenters. The lowest BCUT2D eigenvalue weighted by Gasteiger charge is -2.32. The minimum Gasteiger partial charge on any atom is -0.394 e. The number of hydrogen-bond donors (Lipinski definition) is 2. The molecule has 96 valence electrons. The highest BCUT2D eigenvalue weighted by Gasteiger charge is 2.46. The molecule has 17 heavy (non-hydrogen) atoms. The summed E-state index contributed by atoms with van der Waals surface area (Å²) in [6.07, 6.45) is 6.02. The van der Waals surface area contributed by atoms with Gasteiger partial charge in [0, 0.05) is 13.0 Å². The molecule has 1 spiro atoms. The molecule has 1 saturated heterocycles. The normalized spacial score (nSPS) is 25.3. The third kappa shape index (κ3) is 2.35. The van der Waals surface area contributed by atoms with Gasteiger partial charge in [-0.25, -0.2) is 0 Å². The van der Waals surface area contributed by atoms with Crippen LogP contribution < -0.4 is 5.73 Å². The Labute approximate surface area is 101 Å². The molecule has 0 unspecified atom stereocenters. The van der Waals surface area contributed by atoms with Crippen LogP contribution in [0.5, 0.6) is 0 Å². The summed E-state index contributed by atoms with van der Waals surface area (Å²) in [5, 5.41) is 8.87. The van der Waals surface area contributed by atoms with E-state index in [-0.39, 0.29) is 11.3 Å². The first-order valence-corrected chi connectivity index (χ1v) is 6.29. The first-order valence-electron chi connectivity index (χ1n) is 6.29. The first-order chi connectivity index (χ1) is 8.08. The highest BCUT2D eigenvalue weighted by molar-refractivity contribution is 5.99. The molecule has 2 fully saturated rings. The number of nitrogens with zero attached hydrogens (tertiary/aromatic N) is 1. The highest BCUT2D eigenvalue weighted by Crippen LogP contribution is 2.44. The Balaban J connectivity index is 2.06. The van der Waals surface area contributed by atoms with Gasteiger partial charge in [0.2, 0.25) is 11.8 Å². The maximum Gasteiger partial charge on any atom is 0.248 e. The number of aliphatic hydroxyl groups is 1. The Morgan fingerprint density at radius 3 is 2.65 bits per heavy atom. The van der Waals surface area contributed by atoms with Gasteiger partial charge in [-0.05, 0) is 18.3 Å². The van der Waals surface area contributed by atoms with Gasteiger partial charge >= 0.3 is 0 Å². The summed E-state index contributed by atoms with van der Waals surface area (Å²) in [4.78, 5) is 25.0. The molecule has 1 heterocycles. The van der Waals surface area contributed by atoms with Crippen molar-refractivity contribution in [1.82, 2.24) is 4.90 Å². The topological polar surface area (TPSA) is 83.6 Å². The Bertz CT molecular complexity index is 324. The standard InChI is InChI=1S/C12H20N2O3/c13-9(7-15)11(17)14-8-12(6-10(14)16)4-2-1-3-5-12/h9,15H,1-8,13H2/t9-/m0/s1. The minimum absolute atomic E-state index is 0.000168. The van der Waals surface area contributed by atoms with Crippen LogP contribution in [0.25, 0.3) is 0 Å². The average Bonchev–Trinajstić information content (AvgIpc) is 2.65. The van der Waals surface area contributed by atoms with Gasteiger partial charge in [-0.3, -0.25) is 14.5 Å². The van der Waals surface area contributed by atoms with Crippen molar-refractivity contribution in [2.24, 2.45) is 11.1 Å². The summed E-state index contributed by atoms with van der Waals surface area (Å²) in [5.41, 5.74) is 5.48. The van der Waals surface area contributed by atoms with Crippen molar-refractivity contribution in [3.63, 3.8) is 0 Å². The molecule has 2 rings (SSSR count). The lowest BCUT2D eigenvalue weighted by Crippen LogP contribution is -2.47. The number of hydrogen-bond acceptors (Lipinski definition) is 4. The van der Waals surface area contributed by atoms with E-state index in [0.717, 1.165) is 25.7 Å². The molecule has 0 aromatic heterocycles. The predicted octanol–water partition coefficient (Wildman–Crippen LogP) is 0.0154. The maximum absolute atomic E-state index is 11.9. The van der Waals surface area contributed by atoms with Crippen LogP contribution in [0.15, 0.2) is 0 Å². The summed E-state index contributed by atoms with van der Waals surface area (Å²) in [6.45, 7) is 0.0913. The first kappa shape index (κ1) is 12.5. The van der Waals surface area contributed by atoms with Crippen LogP contribution in [-0.4, -0.2) is 41.0 Å².